The average Bonchev–Trinajstić information content (AvgIpc) is 3.05. The summed E-state index contributed by atoms with van der Waals surface area (Å²) in [6.07, 6.45) is 5.21. The van der Waals surface area contributed by atoms with Gasteiger partial charge in [0.1, 0.15) is 5.69 Å². The average molecular weight is 334 g/mol. The molecule has 1 aromatic rings. The van der Waals surface area contributed by atoms with Crippen LogP contribution in [0.4, 0.5) is 0 Å². The molecule has 24 heavy (non-hydrogen) atoms. The SMILES string of the molecule is CCCCNC(=O)c1ncn2c1CCC(C(=O)N1CCOCC1)C2. The second-order valence-electron chi connectivity index (χ2n) is 6.47. The number of carbonyl (C=O) groups is 2. The minimum atomic E-state index is -0.102. The van der Waals surface area contributed by atoms with Gasteiger partial charge in [-0.3, -0.25) is 9.59 Å². The molecule has 7 heteroatoms. The molecule has 132 valence electrons. The Morgan fingerprint density at radius 2 is 2.17 bits per heavy atom. The number of ether oxygens (including phenoxy) is 1. The number of nitrogens with zero attached hydrogens (tertiary/aromatic N) is 3. The molecule has 0 radical (unpaired) electrons. The lowest BCUT2D eigenvalue weighted by Gasteiger charge is -2.32. The highest BCUT2D eigenvalue weighted by atomic mass is 16.5. The van der Waals surface area contributed by atoms with Crippen LogP contribution in [-0.4, -0.2) is 59.1 Å². The summed E-state index contributed by atoms with van der Waals surface area (Å²) in [6, 6.07) is 0. The van der Waals surface area contributed by atoms with Gasteiger partial charge in [0.25, 0.3) is 5.91 Å². The van der Waals surface area contributed by atoms with Crippen LogP contribution in [0.2, 0.25) is 0 Å². The topological polar surface area (TPSA) is 76.5 Å². The van der Waals surface area contributed by atoms with Crippen molar-refractivity contribution in [1.29, 1.82) is 0 Å². The van der Waals surface area contributed by atoms with Crippen LogP contribution >= 0.6 is 0 Å². The second-order valence-corrected chi connectivity index (χ2v) is 6.47. The van der Waals surface area contributed by atoms with Crippen LogP contribution in [0.3, 0.4) is 0 Å². The maximum absolute atomic E-state index is 12.6. The summed E-state index contributed by atoms with van der Waals surface area (Å²) in [7, 11) is 0. The lowest BCUT2D eigenvalue weighted by molar-refractivity contribution is -0.140. The predicted octanol–water partition coefficient (Wildman–Crippen LogP) is 0.834. The normalized spacial score (nSPS) is 20.5. The van der Waals surface area contributed by atoms with Gasteiger partial charge in [0.2, 0.25) is 5.91 Å². The number of imidazole rings is 1. The first kappa shape index (κ1) is 17.0. The number of aromatic nitrogens is 2. The number of morpholine rings is 1. The minimum absolute atomic E-state index is 0.0270. The van der Waals surface area contributed by atoms with Gasteiger partial charge in [-0.2, -0.15) is 0 Å². The Morgan fingerprint density at radius 1 is 1.38 bits per heavy atom. The first-order valence-electron chi connectivity index (χ1n) is 8.89. The van der Waals surface area contributed by atoms with Gasteiger partial charge in [0, 0.05) is 26.2 Å². The molecular weight excluding hydrogens is 308 g/mol. The monoisotopic (exact) mass is 334 g/mol. The van der Waals surface area contributed by atoms with Crippen LogP contribution < -0.4 is 5.32 Å². The Hall–Kier alpha value is -1.89. The maximum atomic E-state index is 12.6. The Kier molecular flexibility index (Phi) is 5.50. The number of nitrogens with one attached hydrogen (secondary N) is 1. The molecule has 7 nitrogen and oxygen atoms in total. The van der Waals surface area contributed by atoms with Gasteiger partial charge in [-0.15, -0.1) is 0 Å². The van der Waals surface area contributed by atoms with Crippen LogP contribution in [0, 0.1) is 5.92 Å². The van der Waals surface area contributed by atoms with E-state index in [9.17, 15) is 9.59 Å². The highest BCUT2D eigenvalue weighted by Gasteiger charge is 2.31. The third-order valence-corrected chi connectivity index (χ3v) is 4.80. The third kappa shape index (κ3) is 3.61. The van der Waals surface area contributed by atoms with Crippen molar-refractivity contribution in [3.05, 3.63) is 17.7 Å². The summed E-state index contributed by atoms with van der Waals surface area (Å²) in [5.41, 5.74) is 1.47. The smallest absolute Gasteiger partial charge is 0.271 e. The molecule has 1 saturated heterocycles. The summed E-state index contributed by atoms with van der Waals surface area (Å²) < 4.78 is 7.28. The van der Waals surface area contributed by atoms with Gasteiger partial charge in [0.15, 0.2) is 0 Å². The quantitative estimate of drug-likeness (QED) is 0.810. The first-order valence-corrected chi connectivity index (χ1v) is 8.89. The van der Waals surface area contributed by atoms with E-state index in [1.165, 1.54) is 0 Å². The van der Waals surface area contributed by atoms with Crippen molar-refractivity contribution in [1.82, 2.24) is 19.8 Å². The molecule has 0 saturated carbocycles. The van der Waals surface area contributed by atoms with E-state index in [1.807, 2.05) is 9.47 Å². The van der Waals surface area contributed by atoms with Gasteiger partial charge >= 0.3 is 0 Å². The predicted molar refractivity (Wildman–Crippen MR) is 88.7 cm³/mol. The number of hydrogen-bond acceptors (Lipinski definition) is 4. The van der Waals surface area contributed by atoms with E-state index in [-0.39, 0.29) is 17.7 Å². The molecule has 0 aromatic carbocycles. The lowest BCUT2D eigenvalue weighted by atomic mass is 9.95. The van der Waals surface area contributed by atoms with Gasteiger partial charge < -0.3 is 19.5 Å². The van der Waals surface area contributed by atoms with Crippen LogP contribution in [0.25, 0.3) is 0 Å². The molecule has 2 amide bonds. The van der Waals surface area contributed by atoms with Crippen molar-refractivity contribution >= 4 is 11.8 Å². The summed E-state index contributed by atoms with van der Waals surface area (Å²) in [5, 5.41) is 2.92. The maximum Gasteiger partial charge on any atom is 0.271 e. The van der Waals surface area contributed by atoms with E-state index in [1.54, 1.807) is 6.33 Å². The van der Waals surface area contributed by atoms with E-state index >= 15 is 0 Å². The zero-order valence-corrected chi connectivity index (χ0v) is 14.3. The molecule has 3 rings (SSSR count). The summed E-state index contributed by atoms with van der Waals surface area (Å²) in [4.78, 5) is 31.1. The molecule has 0 aliphatic carbocycles. The van der Waals surface area contributed by atoms with E-state index in [4.69, 9.17) is 4.74 Å². The molecule has 1 unspecified atom stereocenters. The first-order chi connectivity index (χ1) is 11.7. The van der Waals surface area contributed by atoms with Gasteiger partial charge in [-0.1, -0.05) is 13.3 Å². The number of unbranched alkanes of at least 4 members (excludes halogenated alkanes) is 1. The Bertz CT molecular complexity index is 593. The van der Waals surface area contributed by atoms with Gasteiger partial charge in [-0.25, -0.2) is 4.98 Å². The van der Waals surface area contributed by atoms with Crippen molar-refractivity contribution in [3.63, 3.8) is 0 Å². The van der Waals surface area contributed by atoms with Crippen LogP contribution in [-0.2, 0) is 22.5 Å². The molecular formula is C17H26N4O3. The summed E-state index contributed by atoms with van der Waals surface area (Å²) in [6.45, 7) is 5.99. The molecule has 3 heterocycles. The fourth-order valence-corrected chi connectivity index (χ4v) is 3.36. The van der Waals surface area contributed by atoms with Crippen LogP contribution in [0.1, 0.15) is 42.4 Å². The third-order valence-electron chi connectivity index (χ3n) is 4.80. The fraction of sp³-hybridized carbons (Fsp3) is 0.706. The van der Waals surface area contributed by atoms with Crippen molar-refractivity contribution in [2.45, 2.75) is 39.2 Å². The summed E-state index contributed by atoms with van der Waals surface area (Å²) in [5.74, 6) is 0.0718. The van der Waals surface area contributed by atoms with Crippen LogP contribution in [0.5, 0.6) is 0 Å². The number of fused-ring (bicyclic) bond motifs is 1. The van der Waals surface area contributed by atoms with E-state index < -0.39 is 0 Å². The van der Waals surface area contributed by atoms with Crippen molar-refractivity contribution in [2.24, 2.45) is 5.92 Å². The van der Waals surface area contributed by atoms with Gasteiger partial charge in [0.05, 0.1) is 31.2 Å². The number of carbonyl (C=O) groups excluding carboxylic acids is 2. The Labute approximate surface area is 142 Å². The minimum Gasteiger partial charge on any atom is -0.378 e. The van der Waals surface area contributed by atoms with Crippen molar-refractivity contribution < 1.29 is 14.3 Å². The van der Waals surface area contributed by atoms with Crippen molar-refractivity contribution in [3.8, 4) is 0 Å². The van der Waals surface area contributed by atoms with Crippen LogP contribution in [0.15, 0.2) is 6.33 Å². The highest BCUT2D eigenvalue weighted by molar-refractivity contribution is 5.93. The Balaban J connectivity index is 1.62. The second kappa shape index (κ2) is 7.79. The van der Waals surface area contributed by atoms with E-state index in [0.29, 0.717) is 45.1 Å². The summed E-state index contributed by atoms with van der Waals surface area (Å²) >= 11 is 0. The van der Waals surface area contributed by atoms with Gasteiger partial charge in [-0.05, 0) is 19.3 Å². The van der Waals surface area contributed by atoms with E-state index in [0.717, 1.165) is 31.4 Å². The van der Waals surface area contributed by atoms with E-state index in [2.05, 4.69) is 17.2 Å². The fourth-order valence-electron chi connectivity index (χ4n) is 3.36. The van der Waals surface area contributed by atoms with Crippen molar-refractivity contribution in [2.75, 3.05) is 32.8 Å². The number of rotatable bonds is 5. The highest BCUT2D eigenvalue weighted by Crippen LogP contribution is 2.24. The zero-order valence-electron chi connectivity index (χ0n) is 14.3. The molecule has 0 spiro atoms. The largest absolute Gasteiger partial charge is 0.378 e. The number of amides is 2. The molecule has 1 fully saturated rings. The number of hydrogen-bond donors (Lipinski definition) is 1. The molecule has 1 aromatic heterocycles. The zero-order chi connectivity index (χ0) is 16.9. The lowest BCUT2D eigenvalue weighted by Crippen LogP contribution is -2.45. The molecule has 1 atom stereocenters. The Morgan fingerprint density at radius 3 is 2.92 bits per heavy atom. The molecule has 2 aliphatic rings. The molecule has 0 bridgehead atoms. The standard InChI is InChI=1S/C17H26N4O3/c1-2-3-6-18-16(22)15-14-5-4-13(11-21(14)12-19-15)17(23)20-7-9-24-10-8-20/h12-13H,2-11H2,1H3,(H,18,22). The molecule has 1 N–H and O–H groups in total. The molecule has 2 aliphatic heterocycles.